The molecule has 1 aliphatic heterocycles. The molecule has 9 heteroatoms. The molecule has 1 aromatic carbocycles. The number of carbonyl (C=O) groups excluding carboxylic acids is 2. The molecule has 0 bridgehead atoms. The molecule has 1 fully saturated rings. The van der Waals surface area contributed by atoms with Gasteiger partial charge in [0.05, 0.1) is 36.3 Å². The highest BCUT2D eigenvalue weighted by atomic mass is 16.5. The molecule has 1 aromatic heterocycles. The number of urea groups is 1. The number of nitrogens with one attached hydrogen (secondary N) is 1. The number of methoxy groups -OCH3 is 1. The number of anilines is 1. The van der Waals surface area contributed by atoms with Crippen LogP contribution in [0.2, 0.25) is 0 Å². The van der Waals surface area contributed by atoms with Crippen LogP contribution < -0.4 is 5.32 Å². The van der Waals surface area contributed by atoms with E-state index in [4.69, 9.17) is 0 Å². The number of esters is 1. The molecule has 0 spiro atoms. The standard InChI is InChI=1S/C16H17N5O4/c1-20-8-18-12-10(4-3-9(7-17)13(12)20)19-16(24)21-6-5-11(22)14(21)15(23)25-2/h3-4,8,11,14,22H,5-6H2,1-2H3,(H,19,24). The van der Waals surface area contributed by atoms with Crippen LogP contribution in [0.4, 0.5) is 10.5 Å². The van der Waals surface area contributed by atoms with Crippen molar-refractivity contribution in [2.75, 3.05) is 19.0 Å². The van der Waals surface area contributed by atoms with Crippen molar-refractivity contribution in [2.45, 2.75) is 18.6 Å². The number of rotatable bonds is 2. The van der Waals surface area contributed by atoms with Crippen LogP contribution in [0.1, 0.15) is 12.0 Å². The number of ether oxygens (including phenoxy) is 1. The number of aryl methyl sites for hydroxylation is 1. The lowest BCUT2D eigenvalue weighted by atomic mass is 10.1. The number of amides is 2. The molecule has 2 amide bonds. The molecule has 130 valence electrons. The predicted octanol–water partition coefficient (Wildman–Crippen LogP) is 0.585. The SMILES string of the molecule is COC(=O)C1C(O)CCN1C(=O)Nc1ccc(C#N)c2c1ncn2C. The van der Waals surface area contributed by atoms with Crippen LogP contribution in [0.3, 0.4) is 0 Å². The van der Waals surface area contributed by atoms with Crippen LogP contribution in [-0.4, -0.2) is 57.4 Å². The van der Waals surface area contributed by atoms with Crippen molar-refractivity contribution in [2.24, 2.45) is 7.05 Å². The van der Waals surface area contributed by atoms with E-state index in [1.165, 1.54) is 12.0 Å². The minimum Gasteiger partial charge on any atom is -0.467 e. The monoisotopic (exact) mass is 343 g/mol. The van der Waals surface area contributed by atoms with Gasteiger partial charge in [0.1, 0.15) is 11.6 Å². The zero-order chi connectivity index (χ0) is 18.1. The first-order chi connectivity index (χ1) is 12.0. The fourth-order valence-corrected chi connectivity index (χ4v) is 3.06. The first kappa shape index (κ1) is 16.7. The van der Waals surface area contributed by atoms with E-state index in [0.717, 1.165) is 0 Å². The average Bonchev–Trinajstić information content (AvgIpc) is 3.18. The second-order valence-electron chi connectivity index (χ2n) is 5.77. The molecule has 3 rings (SSSR count). The molecule has 0 aliphatic carbocycles. The lowest BCUT2D eigenvalue weighted by Crippen LogP contribution is -2.47. The summed E-state index contributed by atoms with van der Waals surface area (Å²) in [6, 6.07) is 3.69. The van der Waals surface area contributed by atoms with Gasteiger partial charge in [-0.3, -0.25) is 0 Å². The van der Waals surface area contributed by atoms with E-state index < -0.39 is 24.1 Å². The van der Waals surface area contributed by atoms with Crippen LogP contribution in [0, 0.1) is 11.3 Å². The molecular weight excluding hydrogens is 326 g/mol. The van der Waals surface area contributed by atoms with Crippen molar-refractivity contribution < 1.29 is 19.4 Å². The summed E-state index contributed by atoms with van der Waals surface area (Å²) >= 11 is 0. The predicted molar refractivity (Wildman–Crippen MR) is 87.6 cm³/mol. The molecule has 0 radical (unpaired) electrons. The highest BCUT2D eigenvalue weighted by Gasteiger charge is 2.42. The number of imidazole rings is 1. The number of fused-ring (bicyclic) bond motifs is 1. The second kappa shape index (κ2) is 6.41. The molecule has 2 N–H and O–H groups in total. The van der Waals surface area contributed by atoms with Gasteiger partial charge in [0, 0.05) is 13.6 Å². The summed E-state index contributed by atoms with van der Waals surface area (Å²) in [5.41, 5.74) is 1.94. The van der Waals surface area contributed by atoms with Gasteiger partial charge in [-0.15, -0.1) is 0 Å². The Hall–Kier alpha value is -3.12. The van der Waals surface area contributed by atoms with Crippen LogP contribution in [-0.2, 0) is 16.6 Å². The summed E-state index contributed by atoms with van der Waals surface area (Å²) in [4.78, 5) is 29.9. The fourth-order valence-electron chi connectivity index (χ4n) is 3.06. The molecule has 2 aromatic rings. The van der Waals surface area contributed by atoms with E-state index in [1.807, 2.05) is 0 Å². The van der Waals surface area contributed by atoms with Crippen LogP contribution in [0.15, 0.2) is 18.5 Å². The Morgan fingerprint density at radius 3 is 2.92 bits per heavy atom. The summed E-state index contributed by atoms with van der Waals surface area (Å²) in [6.07, 6.45) is 0.881. The third-order valence-corrected chi connectivity index (χ3v) is 4.30. The van der Waals surface area contributed by atoms with Crippen molar-refractivity contribution in [1.82, 2.24) is 14.5 Å². The molecule has 2 heterocycles. The topological polar surface area (TPSA) is 120 Å². The van der Waals surface area contributed by atoms with E-state index in [-0.39, 0.29) is 6.54 Å². The average molecular weight is 343 g/mol. The number of nitrogens with zero attached hydrogens (tertiary/aromatic N) is 4. The van der Waals surface area contributed by atoms with Crippen LogP contribution in [0.5, 0.6) is 0 Å². The number of aromatic nitrogens is 2. The van der Waals surface area contributed by atoms with Gasteiger partial charge in [0.25, 0.3) is 0 Å². The highest BCUT2D eigenvalue weighted by Crippen LogP contribution is 2.26. The first-order valence-electron chi connectivity index (χ1n) is 7.65. The summed E-state index contributed by atoms with van der Waals surface area (Å²) in [6.45, 7) is 0.231. The van der Waals surface area contributed by atoms with E-state index >= 15 is 0 Å². The van der Waals surface area contributed by atoms with Crippen molar-refractivity contribution in [1.29, 1.82) is 5.26 Å². The van der Waals surface area contributed by atoms with Gasteiger partial charge in [0.15, 0.2) is 6.04 Å². The number of hydrogen-bond donors (Lipinski definition) is 2. The van der Waals surface area contributed by atoms with Crippen molar-refractivity contribution in [3.05, 3.63) is 24.0 Å². The minimum absolute atomic E-state index is 0.231. The quantitative estimate of drug-likeness (QED) is 0.770. The Morgan fingerprint density at radius 2 is 2.24 bits per heavy atom. The van der Waals surface area contributed by atoms with Gasteiger partial charge in [-0.05, 0) is 18.6 Å². The number of aliphatic hydroxyl groups excluding tert-OH is 1. The molecule has 1 aliphatic rings. The van der Waals surface area contributed by atoms with Gasteiger partial charge in [-0.25, -0.2) is 14.6 Å². The lowest BCUT2D eigenvalue weighted by molar-refractivity contribution is -0.147. The summed E-state index contributed by atoms with van der Waals surface area (Å²) in [5.74, 6) is -0.664. The Kier molecular flexibility index (Phi) is 4.29. The zero-order valence-electron chi connectivity index (χ0n) is 13.8. The van der Waals surface area contributed by atoms with Gasteiger partial charge in [0.2, 0.25) is 0 Å². The Balaban J connectivity index is 1.90. The smallest absolute Gasteiger partial charge is 0.331 e. The summed E-state index contributed by atoms with van der Waals surface area (Å²) in [7, 11) is 2.97. The Bertz CT molecular complexity index is 885. The summed E-state index contributed by atoms with van der Waals surface area (Å²) < 4.78 is 6.36. The summed E-state index contributed by atoms with van der Waals surface area (Å²) in [5, 5.41) is 21.9. The van der Waals surface area contributed by atoms with Crippen LogP contribution >= 0.6 is 0 Å². The molecule has 0 saturated carbocycles. The van der Waals surface area contributed by atoms with E-state index in [1.54, 1.807) is 30.1 Å². The third-order valence-electron chi connectivity index (χ3n) is 4.30. The number of hydrogen-bond acceptors (Lipinski definition) is 6. The maximum absolute atomic E-state index is 12.6. The van der Waals surface area contributed by atoms with Gasteiger partial charge in [-0.1, -0.05) is 0 Å². The van der Waals surface area contributed by atoms with Crippen molar-refractivity contribution in [3.63, 3.8) is 0 Å². The van der Waals surface area contributed by atoms with Crippen molar-refractivity contribution >= 4 is 28.7 Å². The Labute approximate surface area is 143 Å². The number of aliphatic hydroxyl groups is 1. The van der Waals surface area contributed by atoms with Gasteiger partial charge >= 0.3 is 12.0 Å². The second-order valence-corrected chi connectivity index (χ2v) is 5.77. The van der Waals surface area contributed by atoms with Gasteiger partial charge in [-0.2, -0.15) is 5.26 Å². The maximum atomic E-state index is 12.6. The van der Waals surface area contributed by atoms with E-state index in [0.29, 0.717) is 28.7 Å². The lowest BCUT2D eigenvalue weighted by Gasteiger charge is -2.24. The maximum Gasteiger partial charge on any atom is 0.331 e. The fraction of sp³-hybridized carbons (Fsp3) is 0.375. The molecular formula is C16H17N5O4. The number of likely N-dealkylation sites (tertiary alicyclic amines) is 1. The molecule has 25 heavy (non-hydrogen) atoms. The Morgan fingerprint density at radius 1 is 1.48 bits per heavy atom. The van der Waals surface area contributed by atoms with Crippen molar-refractivity contribution in [3.8, 4) is 6.07 Å². The molecule has 9 nitrogen and oxygen atoms in total. The first-order valence-corrected chi connectivity index (χ1v) is 7.65. The largest absolute Gasteiger partial charge is 0.467 e. The molecule has 2 atom stereocenters. The minimum atomic E-state index is -1.04. The zero-order valence-corrected chi connectivity index (χ0v) is 13.8. The molecule has 2 unspecified atom stereocenters. The van der Waals surface area contributed by atoms with Gasteiger partial charge < -0.3 is 24.6 Å². The highest BCUT2D eigenvalue weighted by molar-refractivity contribution is 6.01. The number of carbonyl (C=O) groups is 2. The third kappa shape index (κ3) is 2.77. The number of benzene rings is 1. The van der Waals surface area contributed by atoms with E-state index in [9.17, 15) is 20.0 Å². The van der Waals surface area contributed by atoms with E-state index in [2.05, 4.69) is 21.1 Å². The normalized spacial score (nSPS) is 19.7. The number of nitriles is 1. The van der Waals surface area contributed by atoms with Crippen LogP contribution in [0.25, 0.3) is 11.0 Å². The molecule has 1 saturated heterocycles.